The van der Waals surface area contributed by atoms with Gasteiger partial charge in [0.2, 0.25) is 10.0 Å². The summed E-state index contributed by atoms with van der Waals surface area (Å²) in [6, 6.07) is 3.09. The summed E-state index contributed by atoms with van der Waals surface area (Å²) in [4.78, 5) is 14.1. The molecule has 9 nitrogen and oxygen atoms in total. The Labute approximate surface area is 146 Å². The molecule has 0 amide bonds. The Morgan fingerprint density at radius 2 is 1.88 bits per heavy atom. The molecule has 0 aromatic carbocycles. The number of nitrogens with one attached hydrogen (secondary N) is 1. The average Bonchev–Trinajstić information content (AvgIpc) is 2.94. The first-order chi connectivity index (χ1) is 11.9. The van der Waals surface area contributed by atoms with Crippen molar-refractivity contribution in [3.05, 3.63) is 40.1 Å². The number of rotatable bonds is 5. The number of hydrogen-bond acceptors (Lipinski definition) is 6. The van der Waals surface area contributed by atoms with Crippen LogP contribution in [0, 0.1) is 13.8 Å². The highest BCUT2D eigenvalue weighted by Crippen LogP contribution is 2.22. The Hall–Kier alpha value is -2.04. The van der Waals surface area contributed by atoms with Crippen molar-refractivity contribution in [2.75, 3.05) is 32.7 Å². The van der Waals surface area contributed by atoms with Crippen LogP contribution in [-0.4, -0.2) is 70.3 Å². The van der Waals surface area contributed by atoms with E-state index in [9.17, 15) is 13.2 Å². The van der Waals surface area contributed by atoms with E-state index in [1.807, 2.05) is 0 Å². The van der Waals surface area contributed by atoms with Gasteiger partial charge in [0.15, 0.2) is 0 Å². The molecule has 0 spiro atoms. The Morgan fingerprint density at radius 1 is 1.16 bits per heavy atom. The van der Waals surface area contributed by atoms with Crippen LogP contribution in [0.4, 0.5) is 0 Å². The summed E-state index contributed by atoms with van der Waals surface area (Å²) in [6.45, 7) is 6.65. The zero-order valence-corrected chi connectivity index (χ0v) is 15.2. The van der Waals surface area contributed by atoms with Crippen molar-refractivity contribution in [3.8, 4) is 0 Å². The molecule has 2 aromatic heterocycles. The van der Waals surface area contributed by atoms with Crippen molar-refractivity contribution in [1.29, 1.82) is 0 Å². The van der Waals surface area contributed by atoms with Gasteiger partial charge in [0.25, 0.3) is 5.56 Å². The lowest BCUT2D eigenvalue weighted by atomic mass is 10.3. The van der Waals surface area contributed by atoms with Gasteiger partial charge in [-0.25, -0.2) is 13.1 Å². The van der Waals surface area contributed by atoms with Crippen LogP contribution in [0.1, 0.15) is 11.4 Å². The Morgan fingerprint density at radius 3 is 2.48 bits per heavy atom. The molecule has 25 heavy (non-hydrogen) atoms. The summed E-state index contributed by atoms with van der Waals surface area (Å²) in [5.74, 6) is 0. The quantitative estimate of drug-likeness (QED) is 0.771. The molecule has 1 aliphatic rings. The number of hydrogen-bond donors (Lipinski definition) is 1. The molecule has 1 N–H and O–H groups in total. The number of aromatic nitrogens is 4. The van der Waals surface area contributed by atoms with E-state index < -0.39 is 10.0 Å². The Kier molecular flexibility index (Phi) is 5.02. The first-order valence-corrected chi connectivity index (χ1v) is 9.60. The predicted octanol–water partition coefficient (Wildman–Crippen LogP) is -0.410. The van der Waals surface area contributed by atoms with Gasteiger partial charge in [-0.1, -0.05) is 0 Å². The van der Waals surface area contributed by atoms with E-state index in [0.29, 0.717) is 50.7 Å². The molecular weight excluding hydrogens is 344 g/mol. The molecule has 10 heteroatoms. The van der Waals surface area contributed by atoms with Gasteiger partial charge in [-0.15, -0.1) is 0 Å². The lowest BCUT2D eigenvalue weighted by Crippen LogP contribution is -2.49. The van der Waals surface area contributed by atoms with Crippen LogP contribution in [-0.2, 0) is 16.6 Å². The first kappa shape index (κ1) is 17.8. The lowest BCUT2D eigenvalue weighted by Gasteiger charge is -2.33. The second-order valence-electron chi connectivity index (χ2n) is 6.09. The lowest BCUT2D eigenvalue weighted by molar-refractivity contribution is 0.180. The average molecular weight is 366 g/mol. The van der Waals surface area contributed by atoms with E-state index in [4.69, 9.17) is 0 Å². The topological polar surface area (TPSA) is 104 Å². The molecule has 1 fully saturated rings. The summed E-state index contributed by atoms with van der Waals surface area (Å²) >= 11 is 0. The molecule has 0 radical (unpaired) electrons. The van der Waals surface area contributed by atoms with Gasteiger partial charge >= 0.3 is 0 Å². The number of sulfonamides is 1. The molecule has 3 rings (SSSR count). The fraction of sp³-hybridized carbons (Fsp3) is 0.533. The van der Waals surface area contributed by atoms with Crippen LogP contribution in [0.3, 0.4) is 0 Å². The third kappa shape index (κ3) is 3.65. The second kappa shape index (κ2) is 7.06. The number of aryl methyl sites for hydroxylation is 2. The summed E-state index contributed by atoms with van der Waals surface area (Å²) in [5.41, 5.74) is 0.929. The number of aromatic amines is 1. The highest BCUT2D eigenvalue weighted by Gasteiger charge is 2.32. The predicted molar refractivity (Wildman–Crippen MR) is 91.8 cm³/mol. The van der Waals surface area contributed by atoms with Gasteiger partial charge < -0.3 is 0 Å². The van der Waals surface area contributed by atoms with Crippen molar-refractivity contribution < 1.29 is 8.42 Å². The highest BCUT2D eigenvalue weighted by atomic mass is 32.2. The minimum absolute atomic E-state index is 0.130. The van der Waals surface area contributed by atoms with Crippen LogP contribution < -0.4 is 5.56 Å². The summed E-state index contributed by atoms with van der Waals surface area (Å²) in [6.07, 6.45) is 1.58. The molecule has 0 aliphatic carbocycles. The summed E-state index contributed by atoms with van der Waals surface area (Å²) < 4.78 is 28.5. The van der Waals surface area contributed by atoms with Crippen LogP contribution in [0.15, 0.2) is 28.0 Å². The maximum Gasteiger partial charge on any atom is 0.266 e. The van der Waals surface area contributed by atoms with Crippen molar-refractivity contribution in [3.63, 3.8) is 0 Å². The van der Waals surface area contributed by atoms with Crippen LogP contribution in [0.25, 0.3) is 0 Å². The van der Waals surface area contributed by atoms with Gasteiger partial charge in [-0.2, -0.15) is 14.5 Å². The molecule has 1 aliphatic heterocycles. The number of H-pyrrole nitrogens is 1. The molecule has 0 bridgehead atoms. The molecule has 0 saturated carbocycles. The normalized spacial score (nSPS) is 17.0. The van der Waals surface area contributed by atoms with Crippen molar-refractivity contribution in [2.24, 2.45) is 0 Å². The summed E-state index contributed by atoms with van der Waals surface area (Å²) in [7, 11) is -3.53. The Bertz CT molecular complexity index is 876. The fourth-order valence-corrected chi connectivity index (χ4v) is 4.79. The zero-order valence-electron chi connectivity index (χ0n) is 14.3. The third-order valence-electron chi connectivity index (χ3n) is 4.40. The standard InChI is InChI=1S/C15H22N6O3S/c1-12-15(13(2)18-17-12)25(23,24)20-9-6-19(7-10-20)8-11-21-14(22)4-3-5-16-21/h3-5H,6-11H2,1-2H3,(H,17,18). The minimum Gasteiger partial charge on any atom is -0.299 e. The monoisotopic (exact) mass is 366 g/mol. The third-order valence-corrected chi connectivity index (χ3v) is 6.57. The van der Waals surface area contributed by atoms with Gasteiger partial charge in [-0.05, 0) is 19.9 Å². The van der Waals surface area contributed by atoms with Crippen molar-refractivity contribution >= 4 is 10.0 Å². The first-order valence-electron chi connectivity index (χ1n) is 8.16. The van der Waals surface area contributed by atoms with Gasteiger partial charge in [0.1, 0.15) is 4.90 Å². The molecule has 0 unspecified atom stereocenters. The van der Waals surface area contributed by atoms with Crippen molar-refractivity contribution in [2.45, 2.75) is 25.3 Å². The Balaban J connectivity index is 1.60. The summed E-state index contributed by atoms with van der Waals surface area (Å²) in [5, 5.41) is 10.7. The molecule has 136 valence electrons. The second-order valence-corrected chi connectivity index (χ2v) is 7.97. The molecule has 0 atom stereocenters. The van der Waals surface area contributed by atoms with E-state index in [2.05, 4.69) is 20.2 Å². The van der Waals surface area contributed by atoms with Crippen LogP contribution in [0.2, 0.25) is 0 Å². The smallest absolute Gasteiger partial charge is 0.266 e. The maximum absolute atomic E-state index is 12.8. The van der Waals surface area contributed by atoms with E-state index in [1.54, 1.807) is 26.1 Å². The van der Waals surface area contributed by atoms with E-state index in [1.165, 1.54) is 15.1 Å². The van der Waals surface area contributed by atoms with Gasteiger partial charge in [0.05, 0.1) is 17.9 Å². The van der Waals surface area contributed by atoms with E-state index >= 15 is 0 Å². The fourth-order valence-electron chi connectivity index (χ4n) is 3.03. The number of piperazine rings is 1. The van der Waals surface area contributed by atoms with Gasteiger partial charge in [-0.3, -0.25) is 14.8 Å². The molecule has 3 heterocycles. The van der Waals surface area contributed by atoms with Gasteiger partial charge in [0, 0.05) is 45.0 Å². The zero-order chi connectivity index (χ0) is 18.0. The minimum atomic E-state index is -3.53. The van der Waals surface area contributed by atoms with Crippen LogP contribution >= 0.6 is 0 Å². The van der Waals surface area contributed by atoms with Crippen molar-refractivity contribution in [1.82, 2.24) is 29.2 Å². The van der Waals surface area contributed by atoms with E-state index in [0.717, 1.165) is 0 Å². The molecular formula is C15H22N6O3S. The maximum atomic E-state index is 12.8. The van der Waals surface area contributed by atoms with Crippen LogP contribution in [0.5, 0.6) is 0 Å². The number of nitrogens with zero attached hydrogens (tertiary/aromatic N) is 5. The van der Waals surface area contributed by atoms with E-state index in [-0.39, 0.29) is 10.5 Å². The highest BCUT2D eigenvalue weighted by molar-refractivity contribution is 7.89. The molecule has 2 aromatic rings. The molecule has 1 saturated heterocycles. The SMILES string of the molecule is Cc1n[nH]c(C)c1S(=O)(=O)N1CCN(CCn2ncccc2=O)CC1. The largest absolute Gasteiger partial charge is 0.299 e.